The number of carbonyl (C=O) groups excluding carboxylic acids is 1. The molecule has 2 aliphatic heterocycles. The average Bonchev–Trinajstić information content (AvgIpc) is 2.69. The van der Waals surface area contributed by atoms with Crippen LogP contribution in [0.2, 0.25) is 5.02 Å². The number of rotatable bonds is 4. The van der Waals surface area contributed by atoms with Gasteiger partial charge in [0.2, 0.25) is 5.91 Å². The lowest BCUT2D eigenvalue weighted by atomic mass is 10.1. The number of hydrogen-bond acceptors (Lipinski definition) is 4. The third-order valence-electron chi connectivity index (χ3n) is 5.28. The number of amides is 1. The largest absolute Gasteiger partial charge is 0.337 e. The zero-order valence-corrected chi connectivity index (χ0v) is 17.9. The molecule has 7 nitrogen and oxygen atoms in total. The zero-order chi connectivity index (χ0) is 20.3. The molecule has 0 saturated carbocycles. The molecule has 0 atom stereocenters. The van der Waals surface area contributed by atoms with Crippen LogP contribution >= 0.6 is 11.6 Å². The van der Waals surface area contributed by atoms with Gasteiger partial charge >= 0.3 is 0 Å². The quantitative estimate of drug-likeness (QED) is 0.681. The number of hydrogen-bond donors (Lipinski definition) is 0. The molecule has 0 spiro atoms. The monoisotopic (exact) mass is 426 g/mol. The van der Waals surface area contributed by atoms with Crippen molar-refractivity contribution >= 4 is 33.8 Å². The number of likely N-dealkylation sites (N-methyl/N-ethyl adjacent to an activating group) is 1. The Hall–Kier alpha value is -1.45. The van der Waals surface area contributed by atoms with E-state index < -0.39 is 10.2 Å². The van der Waals surface area contributed by atoms with Crippen LogP contribution in [-0.2, 0) is 15.0 Å². The van der Waals surface area contributed by atoms with Gasteiger partial charge in [-0.3, -0.25) is 4.79 Å². The van der Waals surface area contributed by atoms with E-state index in [1.54, 1.807) is 15.3 Å². The smallest absolute Gasteiger partial charge is 0.282 e. The Bertz CT molecular complexity index is 843. The minimum absolute atomic E-state index is 0.117. The summed E-state index contributed by atoms with van der Waals surface area (Å²) in [5.41, 5.74) is 1.85. The van der Waals surface area contributed by atoms with E-state index in [9.17, 15) is 13.2 Å². The molecule has 2 fully saturated rings. The predicted molar refractivity (Wildman–Crippen MR) is 111 cm³/mol. The molecule has 0 aliphatic carbocycles. The van der Waals surface area contributed by atoms with Gasteiger partial charge in [-0.25, -0.2) is 0 Å². The van der Waals surface area contributed by atoms with Crippen molar-refractivity contribution in [2.45, 2.75) is 6.92 Å². The highest BCUT2D eigenvalue weighted by Crippen LogP contribution is 2.18. The van der Waals surface area contributed by atoms with Crippen LogP contribution in [0.3, 0.4) is 0 Å². The van der Waals surface area contributed by atoms with Crippen molar-refractivity contribution < 1.29 is 13.2 Å². The van der Waals surface area contributed by atoms with Crippen molar-refractivity contribution in [1.29, 1.82) is 0 Å². The van der Waals surface area contributed by atoms with Gasteiger partial charge in [0.25, 0.3) is 10.2 Å². The summed E-state index contributed by atoms with van der Waals surface area (Å²) in [6.45, 7) is 5.87. The van der Waals surface area contributed by atoms with Crippen LogP contribution in [0.4, 0.5) is 0 Å². The predicted octanol–water partition coefficient (Wildman–Crippen LogP) is 1.30. The van der Waals surface area contributed by atoms with Crippen LogP contribution in [0.1, 0.15) is 11.1 Å². The molecule has 0 unspecified atom stereocenters. The van der Waals surface area contributed by atoms with Gasteiger partial charge in [-0.2, -0.15) is 17.0 Å². The molecule has 2 aliphatic rings. The highest BCUT2D eigenvalue weighted by Gasteiger charge is 2.34. The molecule has 3 rings (SSSR count). The number of aryl methyl sites for hydroxylation is 1. The molecule has 1 aromatic rings. The normalized spacial score (nSPS) is 20.8. The molecule has 1 aromatic carbocycles. The molecule has 0 bridgehead atoms. The Morgan fingerprint density at radius 1 is 1.00 bits per heavy atom. The van der Waals surface area contributed by atoms with Gasteiger partial charge in [-0.15, -0.1) is 0 Å². The molecule has 0 aromatic heterocycles. The maximum Gasteiger partial charge on any atom is 0.282 e. The van der Waals surface area contributed by atoms with E-state index in [4.69, 9.17) is 11.6 Å². The average molecular weight is 427 g/mol. The first kappa shape index (κ1) is 21.3. The summed E-state index contributed by atoms with van der Waals surface area (Å²) in [6, 6.07) is 5.64. The third kappa shape index (κ3) is 4.93. The van der Waals surface area contributed by atoms with E-state index in [1.165, 1.54) is 10.4 Å². The minimum Gasteiger partial charge on any atom is -0.337 e. The summed E-state index contributed by atoms with van der Waals surface area (Å²) in [5.74, 6) is -0.117. The molecule has 1 amide bonds. The Morgan fingerprint density at radius 3 is 2.14 bits per heavy atom. The number of carbonyl (C=O) groups is 1. The molecular weight excluding hydrogens is 400 g/mol. The summed E-state index contributed by atoms with van der Waals surface area (Å²) in [5, 5.41) is 0.664. The van der Waals surface area contributed by atoms with Gasteiger partial charge in [0, 0.05) is 63.5 Å². The van der Waals surface area contributed by atoms with Crippen molar-refractivity contribution in [2.75, 3.05) is 59.4 Å². The fourth-order valence-corrected chi connectivity index (χ4v) is 5.07. The van der Waals surface area contributed by atoms with Gasteiger partial charge in [0.05, 0.1) is 0 Å². The minimum atomic E-state index is -3.45. The molecule has 2 heterocycles. The fourth-order valence-electron chi connectivity index (χ4n) is 3.31. The van der Waals surface area contributed by atoms with E-state index >= 15 is 0 Å². The second kappa shape index (κ2) is 8.92. The van der Waals surface area contributed by atoms with Crippen molar-refractivity contribution in [1.82, 2.24) is 18.4 Å². The highest BCUT2D eigenvalue weighted by atomic mass is 35.5. The van der Waals surface area contributed by atoms with Crippen LogP contribution in [0.15, 0.2) is 24.3 Å². The summed E-state index contributed by atoms with van der Waals surface area (Å²) >= 11 is 6.11. The Balaban J connectivity index is 1.55. The van der Waals surface area contributed by atoms with Crippen molar-refractivity contribution in [3.05, 3.63) is 40.4 Å². The first-order valence-corrected chi connectivity index (χ1v) is 11.2. The van der Waals surface area contributed by atoms with Crippen LogP contribution < -0.4 is 0 Å². The van der Waals surface area contributed by atoms with E-state index in [1.807, 2.05) is 32.2 Å². The highest BCUT2D eigenvalue weighted by molar-refractivity contribution is 7.86. The first-order chi connectivity index (χ1) is 13.3. The fraction of sp³-hybridized carbons (Fsp3) is 0.526. The lowest BCUT2D eigenvalue weighted by molar-refractivity contribution is -0.127. The van der Waals surface area contributed by atoms with Crippen LogP contribution in [0.5, 0.6) is 0 Å². The lowest BCUT2D eigenvalue weighted by Crippen LogP contribution is -2.57. The van der Waals surface area contributed by atoms with Crippen LogP contribution in [-0.4, -0.2) is 92.1 Å². The van der Waals surface area contributed by atoms with E-state index in [0.29, 0.717) is 44.3 Å². The van der Waals surface area contributed by atoms with E-state index in [2.05, 4.69) is 4.90 Å². The van der Waals surface area contributed by atoms with E-state index in [0.717, 1.165) is 24.2 Å². The van der Waals surface area contributed by atoms with E-state index in [-0.39, 0.29) is 5.91 Å². The molecular formula is C19H27ClN4O3S. The Kier molecular flexibility index (Phi) is 6.77. The number of nitrogens with zero attached hydrogens (tertiary/aromatic N) is 4. The SMILES string of the molecule is Cc1ccc(/C=C/C(=O)N2CCN(S(=O)(=O)N3CCN(C)CC3)CC2)cc1Cl. The second-order valence-electron chi connectivity index (χ2n) is 7.28. The standard InChI is InChI=1S/C19H27ClN4O3S/c1-16-3-4-17(15-18(16)20)5-6-19(25)22-9-13-24(14-10-22)28(26,27)23-11-7-21(2)8-12-23/h3-6,15H,7-14H2,1-2H3/b6-5+. The van der Waals surface area contributed by atoms with Crippen LogP contribution in [0.25, 0.3) is 6.08 Å². The molecule has 154 valence electrons. The van der Waals surface area contributed by atoms with Gasteiger partial charge < -0.3 is 9.80 Å². The maximum atomic E-state index is 12.8. The third-order valence-corrected chi connectivity index (χ3v) is 7.72. The molecule has 9 heteroatoms. The summed E-state index contributed by atoms with van der Waals surface area (Å²) < 4.78 is 28.6. The molecule has 2 saturated heterocycles. The van der Waals surface area contributed by atoms with Gasteiger partial charge in [-0.05, 0) is 37.2 Å². The topological polar surface area (TPSA) is 64.2 Å². The molecule has 0 N–H and O–H groups in total. The Labute approximate surface area is 172 Å². The van der Waals surface area contributed by atoms with Crippen molar-refractivity contribution in [2.24, 2.45) is 0 Å². The van der Waals surface area contributed by atoms with Crippen molar-refractivity contribution in [3.63, 3.8) is 0 Å². The van der Waals surface area contributed by atoms with Crippen molar-refractivity contribution in [3.8, 4) is 0 Å². The van der Waals surface area contributed by atoms with Gasteiger partial charge in [0.1, 0.15) is 0 Å². The number of piperazine rings is 2. The lowest BCUT2D eigenvalue weighted by Gasteiger charge is -2.38. The van der Waals surface area contributed by atoms with Gasteiger partial charge in [0.15, 0.2) is 0 Å². The number of benzene rings is 1. The first-order valence-electron chi connectivity index (χ1n) is 9.44. The van der Waals surface area contributed by atoms with Crippen LogP contribution in [0, 0.1) is 6.92 Å². The molecule has 28 heavy (non-hydrogen) atoms. The number of halogens is 1. The summed E-state index contributed by atoms with van der Waals surface area (Å²) in [4.78, 5) is 16.2. The summed E-state index contributed by atoms with van der Waals surface area (Å²) in [7, 11) is -1.46. The Morgan fingerprint density at radius 2 is 1.57 bits per heavy atom. The zero-order valence-electron chi connectivity index (χ0n) is 16.3. The maximum absolute atomic E-state index is 12.8. The second-order valence-corrected chi connectivity index (χ2v) is 9.61. The molecule has 0 radical (unpaired) electrons. The van der Waals surface area contributed by atoms with Gasteiger partial charge in [-0.1, -0.05) is 23.7 Å². The summed E-state index contributed by atoms with van der Waals surface area (Å²) in [6.07, 6.45) is 3.26.